The van der Waals surface area contributed by atoms with E-state index >= 15 is 0 Å². The molecule has 1 N–H and O–H groups in total. The largest absolute Gasteiger partial charge is 0.373 e. The van der Waals surface area contributed by atoms with E-state index in [-0.39, 0.29) is 12.0 Å². The number of likely N-dealkylation sites (N-methyl/N-ethyl adjacent to an activating group) is 1. The zero-order valence-corrected chi connectivity index (χ0v) is 9.80. The van der Waals surface area contributed by atoms with E-state index in [9.17, 15) is 4.79 Å². The molecule has 0 aromatic carbocycles. The summed E-state index contributed by atoms with van der Waals surface area (Å²) < 4.78 is 5.54. The second-order valence-corrected chi connectivity index (χ2v) is 3.89. The Hall–Kier alpha value is -1.53. The molecule has 17 heavy (non-hydrogen) atoms. The summed E-state index contributed by atoms with van der Waals surface area (Å²) in [7, 11) is 1.87. The number of carbonyl (C=O) groups excluding carboxylic acids is 1. The molecule has 6 nitrogen and oxygen atoms in total. The molecular weight excluding hydrogens is 220 g/mol. The van der Waals surface area contributed by atoms with Gasteiger partial charge in [0.25, 0.3) is 5.91 Å². The fourth-order valence-electron chi connectivity index (χ4n) is 1.83. The molecule has 1 atom stereocenters. The number of carbonyl (C=O) groups is 1. The summed E-state index contributed by atoms with van der Waals surface area (Å²) >= 11 is 0. The highest BCUT2D eigenvalue weighted by atomic mass is 16.5. The Morgan fingerprint density at radius 2 is 2.53 bits per heavy atom. The van der Waals surface area contributed by atoms with Gasteiger partial charge < -0.3 is 15.0 Å². The van der Waals surface area contributed by atoms with Gasteiger partial charge in [-0.2, -0.15) is 0 Å². The van der Waals surface area contributed by atoms with Crippen LogP contribution in [-0.2, 0) is 4.74 Å². The van der Waals surface area contributed by atoms with Gasteiger partial charge in [0.2, 0.25) is 0 Å². The summed E-state index contributed by atoms with van der Waals surface area (Å²) in [6.45, 7) is 2.51. The van der Waals surface area contributed by atoms with Crippen LogP contribution in [0.2, 0.25) is 0 Å². The topological polar surface area (TPSA) is 67.4 Å². The number of amides is 1. The van der Waals surface area contributed by atoms with Gasteiger partial charge in [0, 0.05) is 32.0 Å². The van der Waals surface area contributed by atoms with Crippen LogP contribution in [-0.4, -0.2) is 60.2 Å². The first-order valence-corrected chi connectivity index (χ1v) is 5.62. The van der Waals surface area contributed by atoms with Crippen molar-refractivity contribution in [2.75, 3.05) is 33.3 Å². The molecule has 1 aliphatic heterocycles. The van der Waals surface area contributed by atoms with Gasteiger partial charge in [-0.15, -0.1) is 0 Å². The molecule has 1 amide bonds. The number of morpholine rings is 1. The maximum atomic E-state index is 12.1. The first-order valence-electron chi connectivity index (χ1n) is 5.62. The van der Waals surface area contributed by atoms with E-state index in [1.807, 2.05) is 7.05 Å². The minimum Gasteiger partial charge on any atom is -0.373 e. The molecular formula is C11H16N4O2. The molecule has 92 valence electrons. The number of hydrogen-bond donors (Lipinski definition) is 1. The van der Waals surface area contributed by atoms with Crippen molar-refractivity contribution in [2.24, 2.45) is 0 Å². The van der Waals surface area contributed by atoms with Crippen LogP contribution in [0, 0.1) is 0 Å². The van der Waals surface area contributed by atoms with Crippen molar-refractivity contribution >= 4 is 5.91 Å². The predicted molar refractivity (Wildman–Crippen MR) is 61.6 cm³/mol. The number of rotatable bonds is 3. The van der Waals surface area contributed by atoms with Gasteiger partial charge in [-0.25, -0.2) is 4.98 Å². The molecule has 0 bridgehead atoms. The lowest BCUT2D eigenvalue weighted by Gasteiger charge is -2.32. The molecule has 1 aromatic rings. The van der Waals surface area contributed by atoms with Crippen LogP contribution in [0.5, 0.6) is 0 Å². The van der Waals surface area contributed by atoms with E-state index < -0.39 is 0 Å². The van der Waals surface area contributed by atoms with Crippen molar-refractivity contribution < 1.29 is 9.53 Å². The van der Waals surface area contributed by atoms with Crippen molar-refractivity contribution in [2.45, 2.75) is 6.10 Å². The van der Waals surface area contributed by atoms with E-state index in [0.717, 1.165) is 6.54 Å². The fraction of sp³-hybridized carbons (Fsp3) is 0.545. The van der Waals surface area contributed by atoms with E-state index in [1.165, 1.54) is 12.4 Å². The van der Waals surface area contributed by atoms with Gasteiger partial charge in [-0.05, 0) is 7.05 Å². The van der Waals surface area contributed by atoms with Crippen LogP contribution in [0.15, 0.2) is 18.6 Å². The van der Waals surface area contributed by atoms with Crippen molar-refractivity contribution in [3.8, 4) is 0 Å². The van der Waals surface area contributed by atoms with Gasteiger partial charge in [0.1, 0.15) is 5.69 Å². The quantitative estimate of drug-likeness (QED) is 0.769. The minimum atomic E-state index is -0.0810. The summed E-state index contributed by atoms with van der Waals surface area (Å²) in [6, 6.07) is 0. The molecule has 1 aromatic heterocycles. The third kappa shape index (κ3) is 2.98. The SMILES string of the molecule is CNCC1CN(C(=O)c2cnccn2)CCO1. The Balaban J connectivity index is 2.00. The normalized spacial score (nSPS) is 20.3. The maximum absolute atomic E-state index is 12.1. The molecule has 1 saturated heterocycles. The molecule has 2 heterocycles. The molecule has 6 heteroatoms. The van der Waals surface area contributed by atoms with Crippen molar-refractivity contribution in [1.29, 1.82) is 0 Å². The Bertz CT molecular complexity index is 369. The van der Waals surface area contributed by atoms with Crippen molar-refractivity contribution in [3.63, 3.8) is 0 Å². The zero-order chi connectivity index (χ0) is 12.1. The van der Waals surface area contributed by atoms with E-state index in [0.29, 0.717) is 25.4 Å². The lowest BCUT2D eigenvalue weighted by atomic mass is 10.2. The average molecular weight is 236 g/mol. The number of aromatic nitrogens is 2. The summed E-state index contributed by atoms with van der Waals surface area (Å²) in [4.78, 5) is 21.8. The highest BCUT2D eigenvalue weighted by molar-refractivity contribution is 5.92. The van der Waals surface area contributed by atoms with E-state index in [2.05, 4.69) is 15.3 Å². The number of hydrogen-bond acceptors (Lipinski definition) is 5. The third-order valence-corrected chi connectivity index (χ3v) is 2.64. The van der Waals surface area contributed by atoms with Crippen LogP contribution in [0.1, 0.15) is 10.5 Å². The van der Waals surface area contributed by atoms with Crippen LogP contribution < -0.4 is 5.32 Å². The zero-order valence-electron chi connectivity index (χ0n) is 9.80. The summed E-state index contributed by atoms with van der Waals surface area (Å²) in [5.74, 6) is -0.0810. The number of ether oxygens (including phenoxy) is 1. The van der Waals surface area contributed by atoms with Crippen molar-refractivity contribution in [3.05, 3.63) is 24.3 Å². The smallest absolute Gasteiger partial charge is 0.274 e. The lowest BCUT2D eigenvalue weighted by Crippen LogP contribution is -2.48. The van der Waals surface area contributed by atoms with Crippen molar-refractivity contribution in [1.82, 2.24) is 20.2 Å². The van der Waals surface area contributed by atoms with Gasteiger partial charge in [0.15, 0.2) is 0 Å². The molecule has 0 aliphatic carbocycles. The second-order valence-electron chi connectivity index (χ2n) is 3.89. The Labute approximate surface area is 100 Å². The van der Waals surface area contributed by atoms with Gasteiger partial charge >= 0.3 is 0 Å². The molecule has 0 radical (unpaired) electrons. The first kappa shape index (κ1) is 11.9. The van der Waals surface area contributed by atoms with Crippen LogP contribution in [0.25, 0.3) is 0 Å². The highest BCUT2D eigenvalue weighted by Crippen LogP contribution is 2.08. The molecule has 1 aliphatic rings. The molecule has 0 spiro atoms. The van der Waals surface area contributed by atoms with E-state index in [1.54, 1.807) is 11.1 Å². The molecule has 0 saturated carbocycles. The maximum Gasteiger partial charge on any atom is 0.274 e. The van der Waals surface area contributed by atoms with Crippen LogP contribution in [0.4, 0.5) is 0 Å². The monoisotopic (exact) mass is 236 g/mol. The molecule has 1 unspecified atom stereocenters. The lowest BCUT2D eigenvalue weighted by molar-refractivity contribution is -0.0198. The van der Waals surface area contributed by atoms with Gasteiger partial charge in [-0.3, -0.25) is 9.78 Å². The standard InChI is InChI=1S/C11H16N4O2/c1-12-6-9-8-15(4-5-17-9)11(16)10-7-13-2-3-14-10/h2-3,7,9,12H,4-6,8H2,1H3. The molecule has 2 rings (SSSR count). The van der Waals surface area contributed by atoms with Crippen LogP contribution in [0.3, 0.4) is 0 Å². The van der Waals surface area contributed by atoms with Crippen LogP contribution >= 0.6 is 0 Å². The fourth-order valence-corrected chi connectivity index (χ4v) is 1.83. The highest BCUT2D eigenvalue weighted by Gasteiger charge is 2.25. The van der Waals surface area contributed by atoms with E-state index in [4.69, 9.17) is 4.74 Å². The Morgan fingerprint density at radius 3 is 3.24 bits per heavy atom. The van der Waals surface area contributed by atoms with Gasteiger partial charge in [-0.1, -0.05) is 0 Å². The Kier molecular flexibility index (Phi) is 4.00. The first-order chi connectivity index (χ1) is 8.31. The summed E-state index contributed by atoms with van der Waals surface area (Å²) in [5, 5.41) is 3.05. The van der Waals surface area contributed by atoms with Gasteiger partial charge in [0.05, 0.1) is 18.9 Å². The predicted octanol–water partition coefficient (Wildman–Crippen LogP) is -0.463. The number of nitrogens with zero attached hydrogens (tertiary/aromatic N) is 3. The average Bonchev–Trinajstić information content (AvgIpc) is 2.40. The summed E-state index contributed by atoms with van der Waals surface area (Å²) in [6.07, 6.45) is 4.62. The molecule has 1 fully saturated rings. The minimum absolute atomic E-state index is 0.0503. The second kappa shape index (κ2) is 5.70. The summed E-state index contributed by atoms with van der Waals surface area (Å²) in [5.41, 5.74) is 0.387. The number of nitrogens with one attached hydrogen (secondary N) is 1. The third-order valence-electron chi connectivity index (χ3n) is 2.64. The Morgan fingerprint density at radius 1 is 1.65 bits per heavy atom.